The third kappa shape index (κ3) is 8.47. The van der Waals surface area contributed by atoms with Crippen LogP contribution < -0.4 is 19.7 Å². The van der Waals surface area contributed by atoms with E-state index in [1.54, 1.807) is 12.1 Å². The molecule has 3 aromatic carbocycles. The highest BCUT2D eigenvalue weighted by Gasteiger charge is 2.26. The number of ether oxygens (including phenoxy) is 3. The molecule has 5 rings (SSSR count). The first kappa shape index (κ1) is 29.9. The van der Waals surface area contributed by atoms with Crippen LogP contribution in [0.15, 0.2) is 91.0 Å². The molecule has 0 radical (unpaired) electrons. The molecule has 1 fully saturated rings. The van der Waals surface area contributed by atoms with E-state index < -0.39 is 6.09 Å². The van der Waals surface area contributed by atoms with Crippen molar-refractivity contribution in [3.05, 3.63) is 108 Å². The molecular formula is C35H38FN3O4. The lowest BCUT2D eigenvalue weighted by Gasteiger charge is -2.34. The summed E-state index contributed by atoms with van der Waals surface area (Å²) in [7, 11) is 0. The van der Waals surface area contributed by atoms with E-state index in [-0.39, 0.29) is 17.5 Å². The second-order valence-electron chi connectivity index (χ2n) is 11.7. The van der Waals surface area contributed by atoms with Gasteiger partial charge < -0.3 is 24.4 Å². The minimum atomic E-state index is -0.420. The SMILES string of the molecule is CC(C)(C)NC(=O)OC1CCN(c2ccc(-c3ccc(OCc4ccccc4)nc3OCc3ccccc3)cc2F)CC1. The van der Waals surface area contributed by atoms with Crippen molar-refractivity contribution in [2.75, 3.05) is 18.0 Å². The molecule has 0 bridgehead atoms. The van der Waals surface area contributed by atoms with Gasteiger partial charge in [-0.2, -0.15) is 4.98 Å². The molecule has 1 N–H and O–H groups in total. The monoisotopic (exact) mass is 583 g/mol. The van der Waals surface area contributed by atoms with E-state index in [0.717, 1.165) is 11.1 Å². The van der Waals surface area contributed by atoms with Crippen LogP contribution in [-0.2, 0) is 18.0 Å². The van der Waals surface area contributed by atoms with E-state index in [0.29, 0.717) is 67.7 Å². The maximum Gasteiger partial charge on any atom is 0.407 e. The molecule has 0 aliphatic carbocycles. The maximum absolute atomic E-state index is 15.6. The summed E-state index contributed by atoms with van der Waals surface area (Å²) in [4.78, 5) is 18.8. The smallest absolute Gasteiger partial charge is 0.407 e. The van der Waals surface area contributed by atoms with E-state index in [9.17, 15) is 4.79 Å². The molecule has 8 heteroatoms. The zero-order chi connectivity index (χ0) is 30.2. The minimum absolute atomic E-state index is 0.195. The van der Waals surface area contributed by atoms with Crippen LogP contribution in [-0.4, -0.2) is 35.8 Å². The minimum Gasteiger partial charge on any atom is -0.473 e. The van der Waals surface area contributed by atoms with Gasteiger partial charge in [0.1, 0.15) is 25.1 Å². The van der Waals surface area contributed by atoms with E-state index in [1.807, 2.05) is 98.5 Å². The van der Waals surface area contributed by atoms with E-state index in [4.69, 9.17) is 14.2 Å². The number of nitrogens with one attached hydrogen (secondary N) is 1. The Labute approximate surface area is 252 Å². The van der Waals surface area contributed by atoms with E-state index in [1.165, 1.54) is 6.07 Å². The number of benzene rings is 3. The van der Waals surface area contributed by atoms with Gasteiger partial charge in [0.15, 0.2) is 0 Å². The van der Waals surface area contributed by atoms with Crippen LogP contribution in [0.4, 0.5) is 14.9 Å². The maximum atomic E-state index is 15.6. The lowest BCUT2D eigenvalue weighted by Crippen LogP contribution is -2.44. The number of pyridine rings is 1. The first-order chi connectivity index (χ1) is 20.7. The average Bonchev–Trinajstić information content (AvgIpc) is 2.99. The van der Waals surface area contributed by atoms with Gasteiger partial charge in [-0.05, 0) is 55.7 Å². The molecule has 0 unspecified atom stereocenters. The Bertz CT molecular complexity index is 1500. The van der Waals surface area contributed by atoms with E-state index >= 15 is 4.39 Å². The topological polar surface area (TPSA) is 72.9 Å². The van der Waals surface area contributed by atoms with Crippen molar-refractivity contribution in [3.63, 3.8) is 0 Å². The van der Waals surface area contributed by atoms with Crippen LogP contribution in [0.25, 0.3) is 11.1 Å². The standard InChI is InChI=1S/C35H38FN3O4/c1-35(2,3)38-34(40)43-28-18-20-39(21-19-28)31-16-14-27(22-30(31)36)29-15-17-32(41-23-25-10-6-4-7-11-25)37-33(29)42-24-26-12-8-5-9-13-26/h4-17,22,28H,18-21,23-24H2,1-3H3,(H,38,40). The van der Waals surface area contributed by atoms with Crippen LogP contribution in [0.3, 0.4) is 0 Å². The summed E-state index contributed by atoms with van der Waals surface area (Å²) in [5, 5.41) is 2.82. The molecular weight excluding hydrogens is 545 g/mol. The molecule has 0 spiro atoms. The average molecular weight is 584 g/mol. The number of carbonyl (C=O) groups excluding carboxylic acids is 1. The number of aromatic nitrogens is 1. The molecule has 7 nitrogen and oxygen atoms in total. The summed E-state index contributed by atoms with van der Waals surface area (Å²) in [5.74, 6) is 0.461. The first-order valence-corrected chi connectivity index (χ1v) is 14.6. The van der Waals surface area contributed by atoms with Crippen LogP contribution in [0, 0.1) is 5.82 Å². The Morgan fingerprint density at radius 2 is 1.51 bits per heavy atom. The zero-order valence-electron chi connectivity index (χ0n) is 24.9. The molecule has 1 aromatic heterocycles. The Morgan fingerprint density at radius 1 is 0.884 bits per heavy atom. The van der Waals surface area contributed by atoms with Gasteiger partial charge >= 0.3 is 6.09 Å². The van der Waals surface area contributed by atoms with Crippen LogP contribution >= 0.6 is 0 Å². The lowest BCUT2D eigenvalue weighted by atomic mass is 10.0. The third-order valence-corrected chi connectivity index (χ3v) is 7.07. The molecule has 4 aromatic rings. The van der Waals surface area contributed by atoms with Gasteiger partial charge in [-0.1, -0.05) is 66.7 Å². The summed E-state index contributed by atoms with van der Waals surface area (Å²) >= 11 is 0. The second kappa shape index (κ2) is 13.6. The number of hydrogen-bond donors (Lipinski definition) is 1. The quantitative estimate of drug-likeness (QED) is 0.220. The Balaban J connectivity index is 1.29. The van der Waals surface area contributed by atoms with Crippen molar-refractivity contribution in [2.45, 2.75) is 58.5 Å². The summed E-state index contributed by atoms with van der Waals surface area (Å²) in [6.45, 7) is 7.59. The molecule has 1 saturated heterocycles. The van der Waals surface area contributed by atoms with Crippen molar-refractivity contribution in [2.24, 2.45) is 0 Å². The number of piperidine rings is 1. The first-order valence-electron chi connectivity index (χ1n) is 14.6. The number of rotatable bonds is 9. The number of amides is 1. The van der Waals surface area contributed by atoms with Crippen LogP contribution in [0.1, 0.15) is 44.7 Å². The predicted octanol–water partition coefficient (Wildman–Crippen LogP) is 7.54. The van der Waals surface area contributed by atoms with Gasteiger partial charge in [0.2, 0.25) is 11.8 Å². The number of nitrogens with zero attached hydrogens (tertiary/aromatic N) is 2. The van der Waals surface area contributed by atoms with Crippen LogP contribution in [0.5, 0.6) is 11.8 Å². The molecule has 43 heavy (non-hydrogen) atoms. The summed E-state index contributed by atoms with van der Waals surface area (Å²) in [6.07, 6.45) is 0.644. The van der Waals surface area contributed by atoms with Crippen molar-refractivity contribution in [3.8, 4) is 22.9 Å². The fourth-order valence-corrected chi connectivity index (χ4v) is 4.92. The fraction of sp³-hybridized carbons (Fsp3) is 0.314. The molecule has 1 aliphatic rings. The normalized spacial score (nSPS) is 13.8. The highest BCUT2D eigenvalue weighted by molar-refractivity contribution is 5.71. The van der Waals surface area contributed by atoms with Crippen molar-refractivity contribution in [1.29, 1.82) is 0 Å². The van der Waals surface area contributed by atoms with Crippen molar-refractivity contribution < 1.29 is 23.4 Å². The highest BCUT2D eigenvalue weighted by atomic mass is 19.1. The lowest BCUT2D eigenvalue weighted by molar-refractivity contribution is 0.0776. The van der Waals surface area contributed by atoms with Gasteiger partial charge in [0, 0.05) is 43.1 Å². The predicted molar refractivity (Wildman–Crippen MR) is 166 cm³/mol. The molecule has 2 heterocycles. The molecule has 224 valence electrons. The van der Waals surface area contributed by atoms with Crippen LogP contribution in [0.2, 0.25) is 0 Å². The number of anilines is 1. The molecule has 1 aliphatic heterocycles. The van der Waals surface area contributed by atoms with E-state index in [2.05, 4.69) is 10.3 Å². The van der Waals surface area contributed by atoms with Gasteiger partial charge in [-0.3, -0.25) is 0 Å². The fourth-order valence-electron chi connectivity index (χ4n) is 4.92. The Kier molecular flexibility index (Phi) is 9.45. The number of halogens is 1. The summed E-state index contributed by atoms with van der Waals surface area (Å²) in [5.41, 5.74) is 3.51. The van der Waals surface area contributed by atoms with Gasteiger partial charge in [0.05, 0.1) is 5.69 Å². The number of hydrogen-bond acceptors (Lipinski definition) is 6. The highest BCUT2D eigenvalue weighted by Crippen LogP contribution is 2.34. The second-order valence-corrected chi connectivity index (χ2v) is 11.7. The Morgan fingerprint density at radius 3 is 2.12 bits per heavy atom. The molecule has 0 saturated carbocycles. The van der Waals surface area contributed by atoms with Gasteiger partial charge in [-0.15, -0.1) is 0 Å². The number of alkyl carbamates (subject to hydrolysis) is 1. The molecule has 0 atom stereocenters. The Hall–Kier alpha value is -4.59. The van der Waals surface area contributed by atoms with Gasteiger partial charge in [-0.25, -0.2) is 9.18 Å². The summed E-state index contributed by atoms with van der Waals surface area (Å²) < 4.78 is 33.2. The summed E-state index contributed by atoms with van der Waals surface area (Å²) in [6, 6.07) is 28.5. The third-order valence-electron chi connectivity index (χ3n) is 7.07. The largest absolute Gasteiger partial charge is 0.473 e. The number of carbonyl (C=O) groups is 1. The zero-order valence-corrected chi connectivity index (χ0v) is 24.9. The molecule has 1 amide bonds. The van der Waals surface area contributed by atoms with Gasteiger partial charge in [0.25, 0.3) is 0 Å². The van der Waals surface area contributed by atoms with Crippen molar-refractivity contribution >= 4 is 11.8 Å². The van der Waals surface area contributed by atoms with Crippen molar-refractivity contribution in [1.82, 2.24) is 10.3 Å².